The van der Waals surface area contributed by atoms with E-state index in [0.717, 1.165) is 16.7 Å². The lowest BCUT2D eigenvalue weighted by Crippen LogP contribution is -2.50. The lowest BCUT2D eigenvalue weighted by molar-refractivity contribution is -0.140. The number of hydrogen-bond donors (Lipinski definition) is 1. The zero-order valence-corrected chi connectivity index (χ0v) is 19.8. The summed E-state index contributed by atoms with van der Waals surface area (Å²) in [6, 6.07) is 21.3. The number of hydrogen-bond acceptors (Lipinski definition) is 2. The molecule has 1 atom stereocenters. The van der Waals surface area contributed by atoms with E-state index in [1.54, 1.807) is 42.3 Å². The van der Waals surface area contributed by atoms with E-state index in [1.807, 2.05) is 42.5 Å². The van der Waals surface area contributed by atoms with Crippen LogP contribution in [-0.2, 0) is 29.0 Å². The Kier molecular flexibility index (Phi) is 8.57. The molecule has 0 aliphatic rings. The molecule has 32 heavy (non-hydrogen) atoms. The summed E-state index contributed by atoms with van der Waals surface area (Å²) < 4.78 is 0. The van der Waals surface area contributed by atoms with E-state index in [1.165, 1.54) is 0 Å². The summed E-state index contributed by atoms with van der Waals surface area (Å²) in [5, 5.41) is 4.12. The number of carbonyl (C=O) groups is 2. The average Bonchev–Trinajstić information content (AvgIpc) is 2.80. The van der Waals surface area contributed by atoms with Crippen molar-refractivity contribution in [2.24, 2.45) is 0 Å². The molecular weight excluding hydrogens is 467 g/mol. The first-order valence-corrected chi connectivity index (χ1v) is 11.2. The maximum Gasteiger partial charge on any atom is 0.242 e. The van der Waals surface area contributed by atoms with E-state index < -0.39 is 6.04 Å². The number of carbonyl (C=O) groups excluding carboxylic acids is 2. The molecule has 1 N–H and O–H groups in total. The van der Waals surface area contributed by atoms with Gasteiger partial charge >= 0.3 is 0 Å². The fourth-order valence-electron chi connectivity index (χ4n) is 3.43. The molecule has 0 heterocycles. The summed E-state index contributed by atoms with van der Waals surface area (Å²) in [6.45, 7) is 0.266. The highest BCUT2D eigenvalue weighted by Crippen LogP contribution is 2.24. The summed E-state index contributed by atoms with van der Waals surface area (Å²) in [5.74, 6) is -0.423. The second-order valence-electron chi connectivity index (χ2n) is 7.39. The molecule has 0 radical (unpaired) electrons. The van der Waals surface area contributed by atoms with Crippen LogP contribution in [0.1, 0.15) is 16.7 Å². The maximum absolute atomic E-state index is 13.5. The monoisotopic (exact) mass is 488 g/mol. The van der Waals surface area contributed by atoms with Crippen LogP contribution >= 0.6 is 34.8 Å². The summed E-state index contributed by atoms with van der Waals surface area (Å²) in [4.78, 5) is 28.0. The Hall–Kier alpha value is -2.53. The van der Waals surface area contributed by atoms with E-state index in [-0.39, 0.29) is 24.8 Å². The van der Waals surface area contributed by atoms with Crippen molar-refractivity contribution in [3.05, 3.63) is 105 Å². The van der Waals surface area contributed by atoms with Crippen molar-refractivity contribution in [1.29, 1.82) is 0 Å². The molecule has 0 aliphatic heterocycles. The molecule has 4 nitrogen and oxygen atoms in total. The topological polar surface area (TPSA) is 49.4 Å². The molecule has 3 rings (SSSR count). The van der Waals surface area contributed by atoms with Gasteiger partial charge in [0.2, 0.25) is 11.8 Å². The van der Waals surface area contributed by atoms with Gasteiger partial charge in [0.1, 0.15) is 6.04 Å². The van der Waals surface area contributed by atoms with Crippen LogP contribution < -0.4 is 5.32 Å². The molecule has 0 aliphatic carbocycles. The van der Waals surface area contributed by atoms with Gasteiger partial charge in [-0.15, -0.1) is 0 Å². The SMILES string of the molecule is CNC(=O)[C@H](Cc1ccccc1)N(Cc1ccc(Cl)cc1)C(=O)Cc1ccc(Cl)c(Cl)c1. The smallest absolute Gasteiger partial charge is 0.242 e. The molecule has 0 saturated carbocycles. The van der Waals surface area contributed by atoms with Crippen molar-refractivity contribution in [3.63, 3.8) is 0 Å². The molecule has 7 heteroatoms. The number of nitrogens with zero attached hydrogens (tertiary/aromatic N) is 1. The van der Waals surface area contributed by atoms with Crippen LogP contribution in [0.5, 0.6) is 0 Å². The number of amides is 2. The van der Waals surface area contributed by atoms with Crippen molar-refractivity contribution in [2.45, 2.75) is 25.4 Å². The van der Waals surface area contributed by atoms with Gasteiger partial charge < -0.3 is 10.2 Å². The third-order valence-corrected chi connectivity index (χ3v) is 6.11. The Bertz CT molecular complexity index is 1070. The van der Waals surface area contributed by atoms with Crippen molar-refractivity contribution in [2.75, 3.05) is 7.05 Å². The van der Waals surface area contributed by atoms with Gasteiger partial charge in [-0.2, -0.15) is 0 Å². The highest BCUT2D eigenvalue weighted by atomic mass is 35.5. The van der Waals surface area contributed by atoms with Gasteiger partial charge in [0.25, 0.3) is 0 Å². The molecule has 0 unspecified atom stereocenters. The second-order valence-corrected chi connectivity index (χ2v) is 8.64. The molecular formula is C25H23Cl3N2O2. The van der Waals surface area contributed by atoms with Gasteiger partial charge in [0, 0.05) is 25.0 Å². The molecule has 0 fully saturated rings. The van der Waals surface area contributed by atoms with Gasteiger partial charge in [-0.3, -0.25) is 9.59 Å². The lowest BCUT2D eigenvalue weighted by Gasteiger charge is -2.31. The summed E-state index contributed by atoms with van der Waals surface area (Å²) in [6.07, 6.45) is 0.480. The molecule has 3 aromatic carbocycles. The zero-order valence-electron chi connectivity index (χ0n) is 17.5. The minimum atomic E-state index is -0.687. The highest BCUT2D eigenvalue weighted by molar-refractivity contribution is 6.42. The van der Waals surface area contributed by atoms with Crippen LogP contribution in [-0.4, -0.2) is 29.8 Å². The fourth-order valence-corrected chi connectivity index (χ4v) is 3.88. The summed E-state index contributed by atoms with van der Waals surface area (Å²) in [7, 11) is 1.57. The molecule has 0 spiro atoms. The van der Waals surface area contributed by atoms with Gasteiger partial charge in [-0.1, -0.05) is 83.3 Å². The number of halogens is 3. The van der Waals surface area contributed by atoms with E-state index in [2.05, 4.69) is 5.32 Å². The summed E-state index contributed by atoms with van der Waals surface area (Å²) in [5.41, 5.74) is 2.56. The van der Waals surface area contributed by atoms with E-state index >= 15 is 0 Å². The van der Waals surface area contributed by atoms with Crippen LogP contribution in [0.3, 0.4) is 0 Å². The van der Waals surface area contributed by atoms with Gasteiger partial charge in [-0.25, -0.2) is 0 Å². The number of likely N-dealkylation sites (N-methyl/N-ethyl adjacent to an activating group) is 1. The number of nitrogens with one attached hydrogen (secondary N) is 1. The minimum Gasteiger partial charge on any atom is -0.357 e. The Morgan fingerprint density at radius 2 is 1.50 bits per heavy atom. The Labute approximate surface area is 203 Å². The van der Waals surface area contributed by atoms with Crippen molar-refractivity contribution in [1.82, 2.24) is 10.2 Å². The third kappa shape index (κ3) is 6.49. The summed E-state index contributed by atoms with van der Waals surface area (Å²) >= 11 is 18.2. The van der Waals surface area contributed by atoms with Crippen LogP contribution in [0.25, 0.3) is 0 Å². The fraction of sp³-hybridized carbons (Fsp3) is 0.200. The Morgan fingerprint density at radius 3 is 2.12 bits per heavy atom. The minimum absolute atomic E-state index is 0.0900. The largest absolute Gasteiger partial charge is 0.357 e. The van der Waals surface area contributed by atoms with Gasteiger partial charge in [-0.05, 0) is 41.0 Å². The van der Waals surface area contributed by atoms with Crippen molar-refractivity contribution < 1.29 is 9.59 Å². The van der Waals surface area contributed by atoms with Gasteiger partial charge in [0.05, 0.1) is 16.5 Å². The zero-order chi connectivity index (χ0) is 23.1. The number of benzene rings is 3. The predicted molar refractivity (Wildman–Crippen MR) is 130 cm³/mol. The standard InChI is InChI=1S/C25H23Cl3N2O2/c1-29-25(32)23(14-17-5-3-2-4-6-17)30(16-18-7-10-20(26)11-8-18)24(31)15-19-9-12-21(27)22(28)13-19/h2-13,23H,14-16H2,1H3,(H,29,32)/t23-/m0/s1. The molecule has 0 aromatic heterocycles. The van der Waals surface area contributed by atoms with Crippen LogP contribution in [0, 0.1) is 0 Å². The second kappa shape index (κ2) is 11.4. The average molecular weight is 490 g/mol. The van der Waals surface area contributed by atoms with E-state index in [0.29, 0.717) is 21.5 Å². The quantitative estimate of drug-likeness (QED) is 0.449. The first-order chi connectivity index (χ1) is 15.4. The molecule has 0 saturated heterocycles. The predicted octanol–water partition coefficient (Wildman–Crippen LogP) is 5.58. The lowest BCUT2D eigenvalue weighted by atomic mass is 10.0. The highest BCUT2D eigenvalue weighted by Gasteiger charge is 2.29. The van der Waals surface area contributed by atoms with E-state index in [9.17, 15) is 9.59 Å². The molecule has 0 bridgehead atoms. The maximum atomic E-state index is 13.5. The van der Waals surface area contributed by atoms with Gasteiger partial charge in [0.15, 0.2) is 0 Å². The first kappa shape index (κ1) is 24.1. The Balaban J connectivity index is 1.93. The molecule has 2 amide bonds. The first-order valence-electron chi connectivity index (χ1n) is 10.1. The number of rotatable bonds is 8. The van der Waals surface area contributed by atoms with E-state index in [4.69, 9.17) is 34.8 Å². The van der Waals surface area contributed by atoms with Crippen molar-refractivity contribution >= 4 is 46.6 Å². The van der Waals surface area contributed by atoms with Crippen molar-refractivity contribution in [3.8, 4) is 0 Å². The van der Waals surface area contributed by atoms with Crippen LogP contribution in [0.4, 0.5) is 0 Å². The van der Waals surface area contributed by atoms with Crippen LogP contribution in [0.2, 0.25) is 15.1 Å². The normalized spacial score (nSPS) is 11.6. The Morgan fingerprint density at radius 1 is 0.844 bits per heavy atom. The van der Waals surface area contributed by atoms with Crippen LogP contribution in [0.15, 0.2) is 72.8 Å². The third-order valence-electron chi connectivity index (χ3n) is 5.12. The molecule has 166 valence electrons. The molecule has 3 aromatic rings.